The van der Waals surface area contributed by atoms with E-state index >= 15 is 0 Å². The molecular formula is C18H23F3N2O. The second-order valence-electron chi connectivity index (χ2n) is 7.29. The van der Waals surface area contributed by atoms with E-state index in [1.54, 1.807) is 6.07 Å². The average Bonchev–Trinajstić information content (AvgIpc) is 2.84. The molecule has 0 radical (unpaired) electrons. The monoisotopic (exact) mass is 340 g/mol. The molecule has 1 aliphatic carbocycles. The van der Waals surface area contributed by atoms with Crippen molar-refractivity contribution in [3.63, 3.8) is 0 Å². The van der Waals surface area contributed by atoms with Gasteiger partial charge >= 0.3 is 6.18 Å². The van der Waals surface area contributed by atoms with Crippen LogP contribution in [0.5, 0.6) is 5.75 Å². The molecule has 6 heteroatoms. The first-order valence-corrected chi connectivity index (χ1v) is 8.47. The molecule has 0 bridgehead atoms. The van der Waals surface area contributed by atoms with Crippen molar-refractivity contribution in [2.24, 2.45) is 11.8 Å². The summed E-state index contributed by atoms with van der Waals surface area (Å²) in [5.41, 5.74) is -0.332. The minimum Gasteiger partial charge on any atom is -0.493 e. The maximum absolute atomic E-state index is 13.4. The molecule has 0 aliphatic heterocycles. The molecule has 1 aromatic heterocycles. The number of hydrogen-bond donors (Lipinski definition) is 1. The number of nitrogens with zero attached hydrogens (tertiary/aromatic N) is 1. The number of ether oxygens (including phenoxy) is 1. The number of rotatable bonds is 5. The van der Waals surface area contributed by atoms with Crippen LogP contribution in [0.2, 0.25) is 0 Å². The highest BCUT2D eigenvalue weighted by molar-refractivity contribution is 5.81. The summed E-state index contributed by atoms with van der Waals surface area (Å²) in [7, 11) is 0. The maximum Gasteiger partial charge on any atom is 0.418 e. The molecule has 3 nitrogen and oxygen atoms in total. The summed E-state index contributed by atoms with van der Waals surface area (Å²) in [5.74, 6) is 2.19. The van der Waals surface area contributed by atoms with Crippen LogP contribution in [-0.2, 0) is 6.18 Å². The van der Waals surface area contributed by atoms with Crippen molar-refractivity contribution in [3.8, 4) is 5.75 Å². The number of aromatic nitrogens is 2. The van der Waals surface area contributed by atoms with Crippen molar-refractivity contribution >= 4 is 11.0 Å². The van der Waals surface area contributed by atoms with E-state index in [0.29, 0.717) is 29.8 Å². The van der Waals surface area contributed by atoms with E-state index < -0.39 is 11.7 Å². The summed E-state index contributed by atoms with van der Waals surface area (Å²) < 4.78 is 45.8. The maximum atomic E-state index is 13.4. The van der Waals surface area contributed by atoms with E-state index in [9.17, 15) is 13.2 Å². The summed E-state index contributed by atoms with van der Waals surface area (Å²) in [5, 5.41) is 0. The van der Waals surface area contributed by atoms with Crippen LogP contribution in [0.25, 0.3) is 11.0 Å². The van der Waals surface area contributed by atoms with Crippen LogP contribution in [-0.4, -0.2) is 16.6 Å². The van der Waals surface area contributed by atoms with Gasteiger partial charge in [-0.2, -0.15) is 13.2 Å². The molecule has 0 spiro atoms. The van der Waals surface area contributed by atoms with Gasteiger partial charge in [0.25, 0.3) is 0 Å². The molecule has 0 unspecified atom stereocenters. The van der Waals surface area contributed by atoms with Crippen molar-refractivity contribution in [2.45, 2.75) is 52.1 Å². The third-order valence-corrected chi connectivity index (χ3v) is 4.61. The molecule has 0 atom stereocenters. The van der Waals surface area contributed by atoms with Crippen LogP contribution in [0.15, 0.2) is 12.1 Å². The average molecular weight is 340 g/mol. The van der Waals surface area contributed by atoms with E-state index in [-0.39, 0.29) is 17.2 Å². The molecule has 0 amide bonds. The zero-order valence-electron chi connectivity index (χ0n) is 14.2. The number of H-pyrrole nitrogens is 1. The third-order valence-electron chi connectivity index (χ3n) is 4.61. The number of aromatic amines is 1. The molecular weight excluding hydrogens is 317 g/mol. The van der Waals surface area contributed by atoms with Gasteiger partial charge in [0, 0.05) is 12.0 Å². The van der Waals surface area contributed by atoms with E-state index in [1.165, 1.54) is 0 Å². The standard InChI is InChI=1S/C18H23F3N2O/c1-10(2)4-5-24-13-8-14(18(19,20)21)16-15(9-13)22-17(23-16)12-6-11(3)7-12/h8-12H,4-7H2,1-3H3,(H,22,23). The van der Waals surface area contributed by atoms with Crippen LogP contribution in [0.3, 0.4) is 0 Å². The predicted octanol–water partition coefficient (Wildman–Crippen LogP) is 5.52. The molecule has 0 saturated heterocycles. The number of fused-ring (bicyclic) bond motifs is 1. The Bertz CT molecular complexity index is 715. The van der Waals surface area contributed by atoms with Crippen LogP contribution in [0.1, 0.15) is 57.3 Å². The highest BCUT2D eigenvalue weighted by atomic mass is 19.4. The highest BCUT2D eigenvalue weighted by Crippen LogP contribution is 2.42. The van der Waals surface area contributed by atoms with E-state index in [2.05, 4.69) is 30.7 Å². The summed E-state index contributed by atoms with van der Waals surface area (Å²) >= 11 is 0. The van der Waals surface area contributed by atoms with E-state index in [0.717, 1.165) is 25.3 Å². The number of hydrogen-bond acceptors (Lipinski definition) is 2. The minimum atomic E-state index is -4.45. The Balaban J connectivity index is 1.93. The van der Waals surface area contributed by atoms with Crippen molar-refractivity contribution < 1.29 is 17.9 Å². The number of halogens is 3. The zero-order chi connectivity index (χ0) is 17.5. The van der Waals surface area contributed by atoms with Crippen molar-refractivity contribution in [2.75, 3.05) is 6.61 Å². The first-order valence-electron chi connectivity index (χ1n) is 8.47. The summed E-state index contributed by atoms with van der Waals surface area (Å²) in [6.07, 6.45) is -1.71. The topological polar surface area (TPSA) is 37.9 Å². The van der Waals surface area contributed by atoms with E-state index in [4.69, 9.17) is 4.74 Å². The molecule has 1 heterocycles. The molecule has 1 aromatic carbocycles. The van der Waals surface area contributed by atoms with Crippen molar-refractivity contribution in [1.82, 2.24) is 9.97 Å². The number of benzene rings is 1. The van der Waals surface area contributed by atoms with E-state index in [1.807, 2.05) is 0 Å². The van der Waals surface area contributed by atoms with Gasteiger partial charge in [-0.05, 0) is 37.2 Å². The fourth-order valence-corrected chi connectivity index (χ4v) is 3.14. The SMILES string of the molecule is CC(C)CCOc1cc(C(F)(F)F)c2nc(C3CC(C)C3)[nH]c2c1. The highest BCUT2D eigenvalue weighted by Gasteiger charge is 2.36. The second-order valence-corrected chi connectivity index (χ2v) is 7.29. The van der Waals surface area contributed by atoms with Gasteiger partial charge < -0.3 is 9.72 Å². The summed E-state index contributed by atoms with van der Waals surface area (Å²) in [6.45, 7) is 6.64. The lowest BCUT2D eigenvalue weighted by Gasteiger charge is -2.30. The molecule has 1 saturated carbocycles. The molecule has 2 aromatic rings. The number of imidazole rings is 1. The third kappa shape index (κ3) is 3.52. The first-order chi connectivity index (χ1) is 11.2. The van der Waals surface area contributed by atoms with Crippen LogP contribution >= 0.6 is 0 Å². The van der Waals surface area contributed by atoms with Gasteiger partial charge in [0.15, 0.2) is 0 Å². The Morgan fingerprint density at radius 3 is 2.58 bits per heavy atom. The second kappa shape index (κ2) is 6.30. The molecule has 1 aliphatic rings. The molecule has 1 N–H and O–H groups in total. The van der Waals surface area contributed by atoms with Crippen LogP contribution < -0.4 is 4.74 Å². The van der Waals surface area contributed by atoms with Gasteiger partial charge in [-0.25, -0.2) is 4.98 Å². The summed E-state index contributed by atoms with van der Waals surface area (Å²) in [4.78, 5) is 7.33. The molecule has 24 heavy (non-hydrogen) atoms. The van der Waals surface area contributed by atoms with Gasteiger partial charge in [-0.3, -0.25) is 0 Å². The predicted molar refractivity (Wildman–Crippen MR) is 87.2 cm³/mol. The first kappa shape index (κ1) is 17.1. The quantitative estimate of drug-likeness (QED) is 0.778. The normalized spacial score (nSPS) is 21.3. The van der Waals surface area contributed by atoms with Gasteiger partial charge in [0.1, 0.15) is 17.1 Å². The van der Waals surface area contributed by atoms with Crippen molar-refractivity contribution in [3.05, 3.63) is 23.5 Å². The summed E-state index contributed by atoms with van der Waals surface area (Å²) in [6, 6.07) is 2.69. The Morgan fingerprint density at radius 1 is 1.29 bits per heavy atom. The van der Waals surface area contributed by atoms with Gasteiger partial charge in [0.2, 0.25) is 0 Å². The smallest absolute Gasteiger partial charge is 0.418 e. The Kier molecular flexibility index (Phi) is 4.49. The van der Waals surface area contributed by atoms with Crippen LogP contribution in [0.4, 0.5) is 13.2 Å². The van der Waals surface area contributed by atoms with Crippen LogP contribution in [0, 0.1) is 11.8 Å². The molecule has 3 rings (SSSR count). The Labute approximate surface area is 139 Å². The van der Waals surface area contributed by atoms with Gasteiger partial charge in [-0.1, -0.05) is 20.8 Å². The zero-order valence-corrected chi connectivity index (χ0v) is 14.2. The lowest BCUT2D eigenvalue weighted by Crippen LogP contribution is -2.19. The largest absolute Gasteiger partial charge is 0.493 e. The molecule has 1 fully saturated rings. The van der Waals surface area contributed by atoms with Gasteiger partial charge in [0.05, 0.1) is 17.7 Å². The number of alkyl halides is 3. The van der Waals surface area contributed by atoms with Gasteiger partial charge in [-0.15, -0.1) is 0 Å². The fourth-order valence-electron chi connectivity index (χ4n) is 3.14. The number of nitrogens with one attached hydrogen (secondary N) is 1. The molecule has 132 valence electrons. The lowest BCUT2D eigenvalue weighted by molar-refractivity contribution is -0.136. The van der Waals surface area contributed by atoms with Crippen molar-refractivity contribution in [1.29, 1.82) is 0 Å². The minimum absolute atomic E-state index is 0.00624. The Morgan fingerprint density at radius 2 is 2.00 bits per heavy atom. The Hall–Kier alpha value is -1.72. The fraction of sp³-hybridized carbons (Fsp3) is 0.611. The lowest BCUT2D eigenvalue weighted by atomic mass is 9.76.